The van der Waals surface area contributed by atoms with Crippen molar-refractivity contribution in [3.05, 3.63) is 24.0 Å². The lowest BCUT2D eigenvalue weighted by Crippen LogP contribution is -2.25. The fraction of sp³-hybridized carbons (Fsp3) is 0.364. The summed E-state index contributed by atoms with van der Waals surface area (Å²) in [7, 11) is -2.52. The van der Waals surface area contributed by atoms with Crippen LogP contribution in [-0.4, -0.2) is 20.8 Å². The molecule has 0 spiro atoms. The number of nitrogens with zero attached hydrogens (tertiary/aromatic N) is 1. The summed E-state index contributed by atoms with van der Waals surface area (Å²) in [5.74, 6) is -0.659. The van der Waals surface area contributed by atoms with E-state index in [-0.39, 0.29) is 17.9 Å². The first-order valence-electron chi connectivity index (χ1n) is 5.19. The zero-order valence-electron chi connectivity index (χ0n) is 9.97. The van der Waals surface area contributed by atoms with Crippen LogP contribution in [0.25, 0.3) is 0 Å². The molecule has 1 N–H and O–H groups in total. The summed E-state index contributed by atoms with van der Waals surface area (Å²) >= 11 is 0. The van der Waals surface area contributed by atoms with E-state index in [1.165, 1.54) is 19.2 Å². The van der Waals surface area contributed by atoms with Crippen molar-refractivity contribution in [1.82, 2.24) is 0 Å². The third-order valence-electron chi connectivity index (χ3n) is 2.30. The molecule has 7 heteroatoms. The van der Waals surface area contributed by atoms with Gasteiger partial charge in [0, 0.05) is 6.07 Å². The van der Waals surface area contributed by atoms with Crippen LogP contribution in [0.3, 0.4) is 0 Å². The van der Waals surface area contributed by atoms with Crippen LogP contribution in [0.2, 0.25) is 0 Å². The van der Waals surface area contributed by atoms with Crippen molar-refractivity contribution in [2.75, 3.05) is 11.8 Å². The Morgan fingerprint density at radius 1 is 1.56 bits per heavy atom. The maximum atomic E-state index is 13.1. The van der Waals surface area contributed by atoms with Gasteiger partial charge < -0.3 is 4.74 Å². The number of hydrogen-bond donors (Lipinski definition) is 1. The van der Waals surface area contributed by atoms with Crippen LogP contribution in [0.5, 0.6) is 5.75 Å². The largest absolute Gasteiger partial charge is 0.494 e. The molecule has 1 atom stereocenters. The minimum absolute atomic E-state index is 0.0693. The van der Waals surface area contributed by atoms with Gasteiger partial charge in [-0.15, -0.1) is 0 Å². The summed E-state index contributed by atoms with van der Waals surface area (Å²) < 4.78 is 43.7. The topological polar surface area (TPSA) is 79.2 Å². The molecule has 1 aromatic carbocycles. The Hall–Kier alpha value is -1.81. The van der Waals surface area contributed by atoms with Crippen molar-refractivity contribution in [2.24, 2.45) is 0 Å². The summed E-state index contributed by atoms with van der Waals surface area (Å²) in [5, 5.41) is 7.59. The highest BCUT2D eigenvalue weighted by Gasteiger charge is 2.23. The molecule has 1 unspecified atom stereocenters. The van der Waals surface area contributed by atoms with Gasteiger partial charge in [-0.2, -0.15) is 5.26 Å². The molecule has 98 valence electrons. The van der Waals surface area contributed by atoms with Gasteiger partial charge in [0.15, 0.2) is 16.8 Å². The number of rotatable bonds is 5. The van der Waals surface area contributed by atoms with Crippen molar-refractivity contribution in [3.63, 3.8) is 0 Å². The number of nitriles is 1. The van der Waals surface area contributed by atoms with Gasteiger partial charge in [-0.1, -0.05) is 6.92 Å². The molecule has 0 aliphatic carbocycles. The lowest BCUT2D eigenvalue weighted by Gasteiger charge is -2.12. The van der Waals surface area contributed by atoms with Crippen LogP contribution >= 0.6 is 0 Å². The van der Waals surface area contributed by atoms with E-state index in [9.17, 15) is 12.8 Å². The number of halogens is 1. The minimum Gasteiger partial charge on any atom is -0.494 e. The predicted octanol–water partition coefficient (Wildman–Crippen LogP) is 1.88. The highest BCUT2D eigenvalue weighted by molar-refractivity contribution is 7.93. The van der Waals surface area contributed by atoms with Crippen molar-refractivity contribution < 1.29 is 17.5 Å². The van der Waals surface area contributed by atoms with Crippen LogP contribution < -0.4 is 9.46 Å². The Morgan fingerprint density at radius 3 is 2.72 bits per heavy atom. The lowest BCUT2D eigenvalue weighted by atomic mass is 10.3. The van der Waals surface area contributed by atoms with Gasteiger partial charge in [-0.05, 0) is 18.6 Å². The molecule has 0 heterocycles. The highest BCUT2D eigenvalue weighted by Crippen LogP contribution is 2.23. The molecule has 1 rings (SSSR count). The summed E-state index contributed by atoms with van der Waals surface area (Å²) in [6, 6.07) is 5.27. The maximum absolute atomic E-state index is 13.1. The van der Waals surface area contributed by atoms with Gasteiger partial charge >= 0.3 is 0 Å². The van der Waals surface area contributed by atoms with E-state index in [1.54, 1.807) is 13.0 Å². The molecule has 1 aromatic rings. The van der Waals surface area contributed by atoms with E-state index >= 15 is 0 Å². The van der Waals surface area contributed by atoms with Crippen molar-refractivity contribution in [3.8, 4) is 11.8 Å². The van der Waals surface area contributed by atoms with E-state index in [0.29, 0.717) is 0 Å². The molecule has 0 radical (unpaired) electrons. The molecule has 0 saturated carbocycles. The molecule has 0 aromatic heterocycles. The van der Waals surface area contributed by atoms with Crippen LogP contribution in [0.15, 0.2) is 18.2 Å². The van der Waals surface area contributed by atoms with Crippen LogP contribution in [0.4, 0.5) is 10.1 Å². The molecular weight excluding hydrogens is 259 g/mol. The van der Waals surface area contributed by atoms with Gasteiger partial charge in [0.2, 0.25) is 10.0 Å². The van der Waals surface area contributed by atoms with Gasteiger partial charge in [0.05, 0.1) is 18.9 Å². The first kappa shape index (κ1) is 14.3. The van der Waals surface area contributed by atoms with Crippen LogP contribution in [-0.2, 0) is 10.0 Å². The number of sulfonamides is 1. The minimum atomic E-state index is -3.80. The van der Waals surface area contributed by atoms with E-state index in [1.807, 2.05) is 0 Å². The highest BCUT2D eigenvalue weighted by atomic mass is 32.2. The fourth-order valence-electron chi connectivity index (χ4n) is 1.34. The first-order chi connectivity index (χ1) is 8.44. The average Bonchev–Trinajstić information content (AvgIpc) is 2.32. The third-order valence-corrected chi connectivity index (χ3v) is 4.01. The molecule has 0 aliphatic heterocycles. The number of ether oxygens (including phenoxy) is 1. The molecule has 5 nitrogen and oxygen atoms in total. The first-order valence-corrected chi connectivity index (χ1v) is 6.74. The molecule has 0 bridgehead atoms. The van der Waals surface area contributed by atoms with E-state index < -0.39 is 21.1 Å². The quantitative estimate of drug-likeness (QED) is 0.887. The Balaban J connectivity index is 3.02. The number of anilines is 1. The van der Waals surface area contributed by atoms with Crippen molar-refractivity contribution in [2.45, 2.75) is 18.6 Å². The maximum Gasteiger partial charge on any atom is 0.249 e. The van der Waals surface area contributed by atoms with Crippen LogP contribution in [0, 0.1) is 17.1 Å². The predicted molar refractivity (Wildman–Crippen MR) is 65.2 cm³/mol. The number of methoxy groups -OCH3 is 1. The van der Waals surface area contributed by atoms with Gasteiger partial charge in [-0.25, -0.2) is 12.8 Å². The number of benzene rings is 1. The third kappa shape index (κ3) is 3.11. The summed E-state index contributed by atoms with van der Waals surface area (Å²) in [6.07, 6.45) is 0.171. The van der Waals surface area contributed by atoms with E-state index in [2.05, 4.69) is 4.72 Å². The SMILES string of the molecule is CCC(C#N)S(=O)(=O)Nc1ccc(F)c(OC)c1. The molecule has 0 saturated heterocycles. The standard InChI is InChI=1S/C11H13FN2O3S/c1-3-9(7-13)18(15,16)14-8-4-5-10(12)11(6-8)17-2/h4-6,9,14H,3H2,1-2H3. The van der Waals surface area contributed by atoms with Crippen molar-refractivity contribution in [1.29, 1.82) is 5.26 Å². The average molecular weight is 272 g/mol. The monoisotopic (exact) mass is 272 g/mol. The second kappa shape index (κ2) is 5.69. The van der Waals surface area contributed by atoms with Gasteiger partial charge in [-0.3, -0.25) is 4.72 Å². The normalized spacial score (nSPS) is 12.6. The Kier molecular flexibility index (Phi) is 4.50. The second-order valence-corrected chi connectivity index (χ2v) is 5.39. The molecule has 18 heavy (non-hydrogen) atoms. The zero-order chi connectivity index (χ0) is 13.8. The summed E-state index contributed by atoms with van der Waals surface area (Å²) in [4.78, 5) is 0. The second-order valence-electron chi connectivity index (χ2n) is 3.52. The Morgan fingerprint density at radius 2 is 2.22 bits per heavy atom. The zero-order valence-corrected chi connectivity index (χ0v) is 10.8. The Labute approximate surface area is 105 Å². The Bertz CT molecular complexity index is 566. The van der Waals surface area contributed by atoms with E-state index in [4.69, 9.17) is 10.00 Å². The summed E-state index contributed by atoms with van der Waals surface area (Å²) in [5.41, 5.74) is 0.155. The van der Waals surface area contributed by atoms with Crippen LogP contribution in [0.1, 0.15) is 13.3 Å². The fourth-order valence-corrected chi connectivity index (χ4v) is 2.51. The van der Waals surface area contributed by atoms with E-state index in [0.717, 1.165) is 6.07 Å². The molecule has 0 aliphatic rings. The summed E-state index contributed by atoms with van der Waals surface area (Å²) in [6.45, 7) is 1.60. The van der Waals surface area contributed by atoms with Gasteiger partial charge in [0.1, 0.15) is 0 Å². The molecular formula is C11H13FN2O3S. The lowest BCUT2D eigenvalue weighted by molar-refractivity contribution is 0.387. The smallest absolute Gasteiger partial charge is 0.249 e. The molecule has 0 fully saturated rings. The van der Waals surface area contributed by atoms with Gasteiger partial charge in [0.25, 0.3) is 0 Å². The van der Waals surface area contributed by atoms with Crippen molar-refractivity contribution >= 4 is 15.7 Å². The molecule has 0 amide bonds. The number of hydrogen-bond acceptors (Lipinski definition) is 4. The number of nitrogens with one attached hydrogen (secondary N) is 1.